The van der Waals surface area contributed by atoms with Crippen molar-refractivity contribution < 1.29 is 4.42 Å². The number of rotatable bonds is 5. The van der Waals surface area contributed by atoms with Crippen LogP contribution in [0.15, 0.2) is 186 Å². The zero-order valence-corrected chi connectivity index (χ0v) is 26.6. The van der Waals surface area contributed by atoms with Crippen LogP contribution in [0.4, 0.5) is 17.1 Å². The highest BCUT2D eigenvalue weighted by molar-refractivity contribution is 6.19. The van der Waals surface area contributed by atoms with E-state index in [0.29, 0.717) is 0 Å². The van der Waals surface area contributed by atoms with Gasteiger partial charge in [-0.15, -0.1) is 0 Å². The van der Waals surface area contributed by atoms with E-state index in [4.69, 9.17) is 4.42 Å². The Balaban J connectivity index is 1.23. The highest BCUT2D eigenvalue weighted by atomic mass is 16.3. The molecule has 10 aromatic rings. The summed E-state index contributed by atoms with van der Waals surface area (Å²) >= 11 is 0. The van der Waals surface area contributed by atoms with Crippen LogP contribution in [0, 0.1) is 0 Å². The van der Waals surface area contributed by atoms with E-state index in [1.807, 2.05) is 0 Å². The van der Waals surface area contributed by atoms with Gasteiger partial charge in [-0.25, -0.2) is 0 Å². The monoisotopic (exact) mass is 626 g/mol. The summed E-state index contributed by atoms with van der Waals surface area (Å²) in [5, 5.41) is 7.03. The van der Waals surface area contributed by atoms with Gasteiger partial charge in [-0.2, -0.15) is 0 Å². The van der Waals surface area contributed by atoms with Gasteiger partial charge in [0.25, 0.3) is 0 Å². The fourth-order valence-corrected chi connectivity index (χ4v) is 7.58. The molecule has 0 saturated heterocycles. The molecular formula is C46H30N2O. The van der Waals surface area contributed by atoms with Crippen LogP contribution < -0.4 is 4.90 Å². The Hall–Kier alpha value is -6.58. The van der Waals surface area contributed by atoms with Crippen molar-refractivity contribution in [2.45, 2.75) is 0 Å². The average Bonchev–Trinajstić information content (AvgIpc) is 3.71. The van der Waals surface area contributed by atoms with Crippen LogP contribution in [0.25, 0.3) is 71.3 Å². The summed E-state index contributed by atoms with van der Waals surface area (Å²) in [6.07, 6.45) is 0. The molecule has 8 aromatic carbocycles. The van der Waals surface area contributed by atoms with Crippen LogP contribution in [0.5, 0.6) is 0 Å². The van der Waals surface area contributed by atoms with Crippen LogP contribution in [0.2, 0.25) is 0 Å². The van der Waals surface area contributed by atoms with Gasteiger partial charge in [0, 0.05) is 27.5 Å². The number of anilines is 3. The van der Waals surface area contributed by atoms with Gasteiger partial charge < -0.3 is 13.9 Å². The maximum atomic E-state index is 7.01. The first-order valence-electron chi connectivity index (χ1n) is 16.7. The molecule has 0 radical (unpaired) electrons. The Morgan fingerprint density at radius 3 is 1.82 bits per heavy atom. The third-order valence-corrected chi connectivity index (χ3v) is 9.77. The molecule has 0 N–H and O–H groups in total. The molecule has 2 aromatic heterocycles. The van der Waals surface area contributed by atoms with Crippen LogP contribution in [-0.2, 0) is 0 Å². The number of fused-ring (bicyclic) bond motifs is 7. The lowest BCUT2D eigenvalue weighted by Gasteiger charge is -2.27. The standard InChI is InChI=1S/C46H30N2O/c1-2-17-34(18-3-1)48-42-24-9-8-21-39(42)46-44(48)40-23-12-26-43(45(40)49-46)47(41-25-11-16-32-14-5-7-20-38(32)41)35-29-27-33(28-30-35)37-22-10-15-31-13-4-6-19-36(31)37/h1-30H. The maximum absolute atomic E-state index is 7.01. The summed E-state index contributed by atoms with van der Waals surface area (Å²) in [5.41, 5.74) is 10.6. The van der Waals surface area contributed by atoms with Gasteiger partial charge in [0.15, 0.2) is 11.2 Å². The Morgan fingerprint density at radius 2 is 1.00 bits per heavy atom. The average molecular weight is 627 g/mol. The minimum atomic E-state index is 0.856. The van der Waals surface area contributed by atoms with Gasteiger partial charge in [-0.3, -0.25) is 0 Å². The van der Waals surface area contributed by atoms with Crippen molar-refractivity contribution in [2.24, 2.45) is 0 Å². The van der Waals surface area contributed by atoms with E-state index in [0.717, 1.165) is 55.7 Å². The van der Waals surface area contributed by atoms with Crippen molar-refractivity contribution in [2.75, 3.05) is 4.90 Å². The van der Waals surface area contributed by atoms with Crippen LogP contribution in [-0.4, -0.2) is 4.57 Å². The second-order valence-corrected chi connectivity index (χ2v) is 12.5. The molecule has 0 aliphatic rings. The largest absolute Gasteiger partial charge is 0.451 e. The van der Waals surface area contributed by atoms with E-state index < -0.39 is 0 Å². The van der Waals surface area contributed by atoms with E-state index in [1.54, 1.807) is 0 Å². The predicted octanol–water partition coefficient (Wildman–Crippen LogP) is 13.0. The van der Waals surface area contributed by atoms with Gasteiger partial charge in [0.05, 0.1) is 16.9 Å². The molecule has 3 heteroatoms. The smallest absolute Gasteiger partial charge is 0.161 e. The lowest BCUT2D eigenvalue weighted by Crippen LogP contribution is -2.10. The minimum Gasteiger partial charge on any atom is -0.451 e. The molecule has 0 bridgehead atoms. The van der Waals surface area contributed by atoms with Crippen molar-refractivity contribution in [1.82, 2.24) is 4.57 Å². The summed E-state index contributed by atoms with van der Waals surface area (Å²) in [6.45, 7) is 0. The summed E-state index contributed by atoms with van der Waals surface area (Å²) < 4.78 is 9.35. The van der Waals surface area contributed by atoms with Crippen LogP contribution in [0.1, 0.15) is 0 Å². The van der Waals surface area contributed by atoms with E-state index in [1.165, 1.54) is 32.7 Å². The van der Waals surface area contributed by atoms with Crippen molar-refractivity contribution in [3.63, 3.8) is 0 Å². The molecule has 0 atom stereocenters. The quantitative estimate of drug-likeness (QED) is 0.190. The molecular weight excluding hydrogens is 597 g/mol. The Bertz CT molecular complexity index is 2810. The van der Waals surface area contributed by atoms with Gasteiger partial charge in [-0.05, 0) is 81.9 Å². The highest BCUT2D eigenvalue weighted by Gasteiger charge is 2.24. The zero-order chi connectivity index (χ0) is 32.3. The number of benzene rings is 8. The molecule has 230 valence electrons. The number of hydrogen-bond donors (Lipinski definition) is 0. The van der Waals surface area contributed by atoms with Crippen molar-refractivity contribution in [3.05, 3.63) is 182 Å². The van der Waals surface area contributed by atoms with Gasteiger partial charge in [-0.1, -0.05) is 127 Å². The SMILES string of the molecule is c1ccc(-n2c3ccccc3c3oc4c(N(c5ccc(-c6cccc7ccccc67)cc5)c5cccc6ccccc56)cccc4c32)cc1. The first kappa shape index (κ1) is 27.5. The molecule has 3 nitrogen and oxygen atoms in total. The van der Waals surface area contributed by atoms with Gasteiger partial charge in [0.2, 0.25) is 0 Å². The van der Waals surface area contributed by atoms with Gasteiger partial charge >= 0.3 is 0 Å². The summed E-state index contributed by atoms with van der Waals surface area (Å²) in [6, 6.07) is 64.8. The highest BCUT2D eigenvalue weighted by Crippen LogP contribution is 2.47. The molecule has 0 amide bonds. The molecule has 0 fully saturated rings. The van der Waals surface area contributed by atoms with Crippen molar-refractivity contribution in [1.29, 1.82) is 0 Å². The van der Waals surface area contributed by atoms with Gasteiger partial charge in [0.1, 0.15) is 5.52 Å². The number of para-hydroxylation sites is 3. The first-order valence-corrected chi connectivity index (χ1v) is 16.7. The van der Waals surface area contributed by atoms with Crippen molar-refractivity contribution in [3.8, 4) is 16.8 Å². The third-order valence-electron chi connectivity index (χ3n) is 9.77. The topological polar surface area (TPSA) is 21.3 Å². The number of hydrogen-bond acceptors (Lipinski definition) is 2. The van der Waals surface area contributed by atoms with Crippen LogP contribution >= 0.6 is 0 Å². The normalized spacial score (nSPS) is 11.7. The molecule has 49 heavy (non-hydrogen) atoms. The second kappa shape index (κ2) is 11.0. The Labute approximate surface area is 283 Å². The molecule has 0 aliphatic heterocycles. The van der Waals surface area contributed by atoms with E-state index in [9.17, 15) is 0 Å². The molecule has 0 spiro atoms. The summed E-state index contributed by atoms with van der Waals surface area (Å²) in [5.74, 6) is 0. The first-order chi connectivity index (χ1) is 24.3. The minimum absolute atomic E-state index is 0.856. The zero-order valence-electron chi connectivity index (χ0n) is 26.6. The fourth-order valence-electron chi connectivity index (χ4n) is 7.58. The molecule has 0 aliphatic carbocycles. The number of nitrogens with zero attached hydrogens (tertiary/aromatic N) is 2. The van der Waals surface area contributed by atoms with Crippen molar-refractivity contribution >= 4 is 71.6 Å². The fraction of sp³-hybridized carbons (Fsp3) is 0. The lowest BCUT2D eigenvalue weighted by atomic mass is 9.98. The van der Waals surface area contributed by atoms with E-state index in [2.05, 4.69) is 191 Å². The second-order valence-electron chi connectivity index (χ2n) is 12.5. The molecule has 0 saturated carbocycles. The Kier molecular flexibility index (Phi) is 6.18. The number of aromatic nitrogens is 1. The number of furan rings is 1. The molecule has 2 heterocycles. The van der Waals surface area contributed by atoms with E-state index in [-0.39, 0.29) is 0 Å². The lowest BCUT2D eigenvalue weighted by molar-refractivity contribution is 0.673. The van der Waals surface area contributed by atoms with E-state index >= 15 is 0 Å². The van der Waals surface area contributed by atoms with Crippen LogP contribution in [0.3, 0.4) is 0 Å². The Morgan fingerprint density at radius 1 is 0.408 bits per heavy atom. The third kappa shape index (κ3) is 4.29. The predicted molar refractivity (Wildman–Crippen MR) is 206 cm³/mol. The summed E-state index contributed by atoms with van der Waals surface area (Å²) in [7, 11) is 0. The summed E-state index contributed by atoms with van der Waals surface area (Å²) in [4.78, 5) is 2.36. The molecule has 10 rings (SSSR count). The molecule has 0 unspecified atom stereocenters. The maximum Gasteiger partial charge on any atom is 0.161 e.